The molecule has 0 unspecified atom stereocenters. The summed E-state index contributed by atoms with van der Waals surface area (Å²) >= 11 is 1.91. The van der Waals surface area contributed by atoms with Crippen LogP contribution in [0.2, 0.25) is 0 Å². The molecule has 2 aromatic carbocycles. The van der Waals surface area contributed by atoms with Gasteiger partial charge in [-0.05, 0) is 107 Å². The van der Waals surface area contributed by atoms with E-state index in [1.54, 1.807) is 0 Å². The topological polar surface area (TPSA) is 6.48 Å². The number of thiophene rings is 1. The van der Waals surface area contributed by atoms with Crippen molar-refractivity contribution in [3.05, 3.63) is 36.4 Å². The molecule has 31 heavy (non-hydrogen) atoms. The van der Waals surface area contributed by atoms with E-state index in [1.807, 2.05) is 11.3 Å². The smallest absolute Gasteiger partial charge is 0.0470 e. The van der Waals surface area contributed by atoms with Gasteiger partial charge in [0.15, 0.2) is 0 Å². The van der Waals surface area contributed by atoms with Crippen LogP contribution in [0, 0.1) is 0 Å². The average molecular weight is 439 g/mol. The van der Waals surface area contributed by atoms with E-state index in [0.29, 0.717) is 0 Å². The van der Waals surface area contributed by atoms with E-state index in [1.165, 1.54) is 31.5 Å². The Morgan fingerprint density at radius 2 is 0.774 bits per heavy atom. The van der Waals surface area contributed by atoms with Crippen molar-refractivity contribution in [2.45, 2.75) is 105 Å². The van der Waals surface area contributed by atoms with E-state index >= 15 is 0 Å². The van der Waals surface area contributed by atoms with Gasteiger partial charge in [0.05, 0.1) is 0 Å². The second-order valence-electron chi connectivity index (χ2n) is 12.8. The number of nitrogens with zero attached hydrogens (tertiary/aromatic N) is 2. The van der Waals surface area contributed by atoms with Crippen LogP contribution in [0.25, 0.3) is 20.2 Å². The molecule has 1 aromatic heterocycles. The molecular weight excluding hydrogens is 396 g/mol. The third-order valence-electron chi connectivity index (χ3n) is 5.64. The molecule has 3 rings (SSSR count). The molecule has 2 nitrogen and oxygen atoms in total. The summed E-state index contributed by atoms with van der Waals surface area (Å²) in [5, 5.41) is 2.78. The van der Waals surface area contributed by atoms with Crippen molar-refractivity contribution in [1.29, 1.82) is 0 Å². The van der Waals surface area contributed by atoms with Gasteiger partial charge < -0.3 is 9.80 Å². The minimum atomic E-state index is 0.00345. The van der Waals surface area contributed by atoms with E-state index in [4.69, 9.17) is 0 Å². The summed E-state index contributed by atoms with van der Waals surface area (Å²) in [4.78, 5) is 5.20. The van der Waals surface area contributed by atoms with Gasteiger partial charge in [0.25, 0.3) is 0 Å². The first-order valence-corrected chi connectivity index (χ1v) is 12.3. The Labute approximate surface area is 194 Å². The van der Waals surface area contributed by atoms with Crippen LogP contribution in [-0.2, 0) is 0 Å². The van der Waals surface area contributed by atoms with E-state index in [-0.39, 0.29) is 22.2 Å². The Morgan fingerprint density at radius 3 is 1.03 bits per heavy atom. The Balaban J connectivity index is 2.50. The van der Waals surface area contributed by atoms with Gasteiger partial charge in [-0.25, -0.2) is 0 Å². The van der Waals surface area contributed by atoms with Crippen molar-refractivity contribution in [2.24, 2.45) is 0 Å². The van der Waals surface area contributed by atoms with Crippen LogP contribution in [0.1, 0.15) is 83.1 Å². The average Bonchev–Trinajstić information content (AvgIpc) is 2.89. The minimum Gasteiger partial charge on any atom is -0.361 e. The van der Waals surface area contributed by atoms with Gasteiger partial charge in [-0.15, -0.1) is 11.3 Å². The van der Waals surface area contributed by atoms with Gasteiger partial charge in [0.2, 0.25) is 0 Å². The Kier molecular flexibility index (Phi) is 5.71. The lowest BCUT2D eigenvalue weighted by molar-refractivity contribution is 0.380. The zero-order valence-electron chi connectivity index (χ0n) is 21.8. The largest absolute Gasteiger partial charge is 0.361 e. The first-order valence-electron chi connectivity index (χ1n) is 11.5. The van der Waals surface area contributed by atoms with Gasteiger partial charge in [0, 0.05) is 53.7 Å². The highest BCUT2D eigenvalue weighted by molar-refractivity contribution is 7.26. The molecule has 3 heteroatoms. The molecule has 0 bridgehead atoms. The van der Waals surface area contributed by atoms with Crippen LogP contribution in [0.5, 0.6) is 0 Å². The monoisotopic (exact) mass is 438 g/mol. The van der Waals surface area contributed by atoms with E-state index in [0.717, 1.165) is 0 Å². The maximum atomic E-state index is 2.60. The fraction of sp³-hybridized carbons (Fsp3) is 0.571. The number of hydrogen-bond acceptors (Lipinski definition) is 3. The first-order chi connectivity index (χ1) is 13.9. The second-order valence-corrected chi connectivity index (χ2v) is 13.8. The van der Waals surface area contributed by atoms with Gasteiger partial charge >= 0.3 is 0 Å². The van der Waals surface area contributed by atoms with Crippen LogP contribution in [-0.4, -0.2) is 22.2 Å². The van der Waals surface area contributed by atoms with Crippen LogP contribution in [0.4, 0.5) is 11.4 Å². The van der Waals surface area contributed by atoms with Crippen molar-refractivity contribution in [3.63, 3.8) is 0 Å². The molecular formula is C28H42N2S. The number of anilines is 2. The van der Waals surface area contributed by atoms with Crippen LogP contribution < -0.4 is 9.80 Å². The highest BCUT2D eigenvalue weighted by Crippen LogP contribution is 2.48. The summed E-state index contributed by atoms with van der Waals surface area (Å²) < 4.78 is 2.72. The summed E-state index contributed by atoms with van der Waals surface area (Å²) in [6.45, 7) is 27.9. The van der Waals surface area contributed by atoms with Gasteiger partial charge in [-0.2, -0.15) is 0 Å². The van der Waals surface area contributed by atoms with Crippen molar-refractivity contribution < 1.29 is 0 Å². The van der Waals surface area contributed by atoms with Crippen LogP contribution >= 0.6 is 11.3 Å². The molecule has 3 aromatic rings. The van der Waals surface area contributed by atoms with Crippen molar-refractivity contribution in [1.82, 2.24) is 0 Å². The number of benzene rings is 2. The van der Waals surface area contributed by atoms with Crippen LogP contribution in [0.15, 0.2) is 36.4 Å². The standard InChI is InChI=1S/C28H42N2S/c1-25(2,3)29(26(4,5)6)19-15-13-17-21-23(19)24-20(16-14-18-22(24)31-21)30(27(7,8)9)28(10,11)12/h13-18H,1-12H3. The van der Waals surface area contributed by atoms with Crippen molar-refractivity contribution in [2.75, 3.05) is 9.80 Å². The number of rotatable bonds is 2. The van der Waals surface area contributed by atoms with Crippen molar-refractivity contribution in [3.8, 4) is 0 Å². The van der Waals surface area contributed by atoms with Gasteiger partial charge in [-0.1, -0.05) is 12.1 Å². The summed E-state index contributed by atoms with van der Waals surface area (Å²) in [6, 6.07) is 13.7. The molecule has 0 spiro atoms. The Morgan fingerprint density at radius 1 is 0.484 bits per heavy atom. The Hall–Kier alpha value is -1.74. The fourth-order valence-corrected chi connectivity index (χ4v) is 6.81. The molecule has 0 radical (unpaired) electrons. The van der Waals surface area contributed by atoms with E-state index < -0.39 is 0 Å². The fourth-order valence-electron chi connectivity index (χ4n) is 5.66. The highest BCUT2D eigenvalue weighted by Gasteiger charge is 2.36. The molecule has 0 aliphatic rings. The molecule has 170 valence electrons. The number of fused-ring (bicyclic) bond motifs is 3. The van der Waals surface area contributed by atoms with Crippen LogP contribution in [0.3, 0.4) is 0 Å². The third-order valence-corrected chi connectivity index (χ3v) is 6.76. The molecule has 0 atom stereocenters. The first kappa shape index (κ1) is 23.9. The van der Waals surface area contributed by atoms with E-state index in [2.05, 4.69) is 129 Å². The summed E-state index contributed by atoms with van der Waals surface area (Å²) in [6.07, 6.45) is 0. The predicted molar refractivity (Wildman–Crippen MR) is 143 cm³/mol. The van der Waals surface area contributed by atoms with Gasteiger partial charge in [0.1, 0.15) is 0 Å². The summed E-state index contributed by atoms with van der Waals surface area (Å²) in [7, 11) is 0. The third kappa shape index (κ3) is 4.44. The molecule has 0 saturated carbocycles. The lowest BCUT2D eigenvalue weighted by Gasteiger charge is -2.49. The normalized spacial score (nSPS) is 13.8. The summed E-state index contributed by atoms with van der Waals surface area (Å²) in [5.74, 6) is 0. The maximum absolute atomic E-state index is 2.60. The minimum absolute atomic E-state index is 0.00345. The lowest BCUT2D eigenvalue weighted by atomic mass is 9.91. The second kappa shape index (κ2) is 7.40. The number of hydrogen-bond donors (Lipinski definition) is 0. The quantitative estimate of drug-likeness (QED) is 0.394. The Bertz CT molecular complexity index is 965. The molecule has 0 amide bonds. The molecule has 0 N–H and O–H groups in total. The summed E-state index contributed by atoms with van der Waals surface area (Å²) in [5.41, 5.74) is 2.68. The zero-order valence-corrected chi connectivity index (χ0v) is 22.6. The zero-order chi connectivity index (χ0) is 23.6. The molecule has 0 fully saturated rings. The molecule has 0 aliphatic heterocycles. The van der Waals surface area contributed by atoms with E-state index in [9.17, 15) is 0 Å². The van der Waals surface area contributed by atoms with Crippen molar-refractivity contribution >= 4 is 42.9 Å². The lowest BCUT2D eigenvalue weighted by Crippen LogP contribution is -2.53. The maximum Gasteiger partial charge on any atom is 0.0470 e. The molecule has 0 saturated heterocycles. The highest BCUT2D eigenvalue weighted by atomic mass is 32.1. The molecule has 1 heterocycles. The predicted octanol–water partition coefficient (Wildman–Crippen LogP) is 8.86. The SMILES string of the molecule is CC(C)(C)N(c1cccc2sc3cccc(N(C(C)(C)C)C(C)(C)C)c3c12)C(C)(C)C. The van der Waals surface area contributed by atoms with Gasteiger partial charge in [-0.3, -0.25) is 0 Å². The molecule has 0 aliphatic carbocycles.